The molecule has 1 aromatic heterocycles. The van der Waals surface area contributed by atoms with Gasteiger partial charge in [0.15, 0.2) is 11.2 Å². The van der Waals surface area contributed by atoms with E-state index in [-0.39, 0.29) is 5.13 Å². The molecular formula is C13H13N3O3S. The summed E-state index contributed by atoms with van der Waals surface area (Å²) in [6, 6.07) is 7.39. The maximum absolute atomic E-state index is 12.1. The van der Waals surface area contributed by atoms with Crippen LogP contribution in [0.1, 0.15) is 27.0 Å². The van der Waals surface area contributed by atoms with Crippen molar-refractivity contribution in [1.82, 2.24) is 10.3 Å². The number of aromatic nitrogens is 1. The molecule has 104 valence electrons. The van der Waals surface area contributed by atoms with Crippen molar-refractivity contribution in [1.29, 1.82) is 0 Å². The largest absolute Gasteiger partial charge is 0.479 e. The standard InChI is InChI=1S/C13H13N3O3S/c1-7-10(20-13(14)15-7)11(17)16-9(12(18)19)8-5-3-2-4-6-8/h2-6,9H,1H3,(H2,14,15)(H,16,17)(H,18,19)/t9-/m0/s1. The summed E-state index contributed by atoms with van der Waals surface area (Å²) in [5.41, 5.74) is 6.52. The van der Waals surface area contributed by atoms with Gasteiger partial charge in [-0.15, -0.1) is 0 Å². The number of hydrogen-bond donors (Lipinski definition) is 3. The van der Waals surface area contributed by atoms with Crippen molar-refractivity contribution >= 4 is 28.3 Å². The van der Waals surface area contributed by atoms with Gasteiger partial charge in [-0.3, -0.25) is 4.79 Å². The van der Waals surface area contributed by atoms with Crippen molar-refractivity contribution in [3.05, 3.63) is 46.5 Å². The number of amides is 1. The van der Waals surface area contributed by atoms with Gasteiger partial charge >= 0.3 is 5.97 Å². The average molecular weight is 291 g/mol. The highest BCUT2D eigenvalue weighted by atomic mass is 32.1. The highest BCUT2D eigenvalue weighted by Gasteiger charge is 2.24. The van der Waals surface area contributed by atoms with E-state index in [1.165, 1.54) is 0 Å². The van der Waals surface area contributed by atoms with Gasteiger partial charge in [0.25, 0.3) is 5.91 Å². The number of carbonyl (C=O) groups is 2. The number of carboxylic acid groups (broad SMARTS) is 1. The number of rotatable bonds is 4. The predicted molar refractivity (Wildman–Crippen MR) is 75.5 cm³/mol. The summed E-state index contributed by atoms with van der Waals surface area (Å²) in [7, 11) is 0. The van der Waals surface area contributed by atoms with Crippen LogP contribution in [-0.2, 0) is 4.79 Å². The Hall–Kier alpha value is -2.41. The fourth-order valence-electron chi connectivity index (χ4n) is 1.76. The van der Waals surface area contributed by atoms with Crippen LogP contribution in [0.15, 0.2) is 30.3 Å². The molecule has 0 bridgehead atoms. The van der Waals surface area contributed by atoms with Crippen LogP contribution >= 0.6 is 11.3 Å². The molecule has 0 aliphatic rings. The molecule has 6 nitrogen and oxygen atoms in total. The Morgan fingerprint density at radius 2 is 2.00 bits per heavy atom. The van der Waals surface area contributed by atoms with Crippen LogP contribution in [0.3, 0.4) is 0 Å². The molecule has 0 aliphatic heterocycles. The Labute approximate surface area is 119 Å². The lowest BCUT2D eigenvalue weighted by Crippen LogP contribution is -2.33. The van der Waals surface area contributed by atoms with Crippen molar-refractivity contribution in [3.63, 3.8) is 0 Å². The number of aryl methyl sites for hydroxylation is 1. The zero-order chi connectivity index (χ0) is 14.7. The summed E-state index contributed by atoms with van der Waals surface area (Å²) in [6.07, 6.45) is 0. The number of anilines is 1. The lowest BCUT2D eigenvalue weighted by Gasteiger charge is -2.14. The van der Waals surface area contributed by atoms with E-state index in [1.54, 1.807) is 37.3 Å². The molecule has 1 aromatic carbocycles. The van der Waals surface area contributed by atoms with Crippen molar-refractivity contribution < 1.29 is 14.7 Å². The Morgan fingerprint density at radius 3 is 2.50 bits per heavy atom. The highest BCUT2D eigenvalue weighted by Crippen LogP contribution is 2.21. The topological polar surface area (TPSA) is 105 Å². The van der Waals surface area contributed by atoms with E-state index in [0.717, 1.165) is 11.3 Å². The van der Waals surface area contributed by atoms with Crippen molar-refractivity contribution in [2.24, 2.45) is 0 Å². The van der Waals surface area contributed by atoms with Crippen LogP contribution in [0.2, 0.25) is 0 Å². The minimum atomic E-state index is -1.13. The molecule has 0 aliphatic carbocycles. The van der Waals surface area contributed by atoms with Crippen LogP contribution in [0.4, 0.5) is 5.13 Å². The summed E-state index contributed by atoms with van der Waals surface area (Å²) in [5.74, 6) is -1.62. The van der Waals surface area contributed by atoms with Gasteiger partial charge in [-0.25, -0.2) is 9.78 Å². The number of benzene rings is 1. The third-order valence-electron chi connectivity index (χ3n) is 2.67. The van der Waals surface area contributed by atoms with Crippen LogP contribution in [-0.4, -0.2) is 22.0 Å². The maximum atomic E-state index is 12.1. The molecule has 0 unspecified atom stereocenters. The van der Waals surface area contributed by atoms with E-state index >= 15 is 0 Å². The first-order valence-corrected chi connectivity index (χ1v) is 6.62. The molecule has 2 aromatic rings. The molecule has 20 heavy (non-hydrogen) atoms. The van der Waals surface area contributed by atoms with Crippen LogP contribution in [0.25, 0.3) is 0 Å². The van der Waals surface area contributed by atoms with E-state index in [2.05, 4.69) is 10.3 Å². The number of nitrogens with one attached hydrogen (secondary N) is 1. The molecule has 0 saturated carbocycles. The minimum absolute atomic E-state index is 0.277. The quantitative estimate of drug-likeness (QED) is 0.793. The summed E-state index contributed by atoms with van der Waals surface area (Å²) >= 11 is 1.03. The summed E-state index contributed by atoms with van der Waals surface area (Å²) in [6.45, 7) is 1.65. The van der Waals surface area contributed by atoms with Crippen molar-refractivity contribution in [2.75, 3.05) is 5.73 Å². The Kier molecular flexibility index (Phi) is 3.99. The average Bonchev–Trinajstić information content (AvgIpc) is 2.75. The number of hydrogen-bond acceptors (Lipinski definition) is 5. The molecule has 0 spiro atoms. The third-order valence-corrected chi connectivity index (χ3v) is 3.66. The third kappa shape index (κ3) is 2.94. The van der Waals surface area contributed by atoms with Crippen LogP contribution in [0.5, 0.6) is 0 Å². The van der Waals surface area contributed by atoms with Gasteiger partial charge in [0, 0.05) is 0 Å². The predicted octanol–water partition coefficient (Wildman–Crippen LogP) is 1.59. The second-order valence-electron chi connectivity index (χ2n) is 4.12. The number of thiazole rings is 1. The molecule has 0 radical (unpaired) electrons. The summed E-state index contributed by atoms with van der Waals surface area (Å²) in [5, 5.41) is 12.0. The fraction of sp³-hybridized carbons (Fsp3) is 0.154. The molecule has 0 fully saturated rings. The lowest BCUT2D eigenvalue weighted by atomic mass is 10.1. The first-order valence-electron chi connectivity index (χ1n) is 5.80. The van der Waals surface area contributed by atoms with Gasteiger partial charge in [0.05, 0.1) is 5.69 Å². The van der Waals surface area contributed by atoms with Gasteiger partial charge in [0.1, 0.15) is 4.88 Å². The van der Waals surface area contributed by atoms with Gasteiger partial charge in [0.2, 0.25) is 0 Å². The molecule has 1 atom stereocenters. The Morgan fingerprint density at radius 1 is 1.35 bits per heavy atom. The smallest absolute Gasteiger partial charge is 0.330 e. The number of aliphatic carboxylic acids is 1. The minimum Gasteiger partial charge on any atom is -0.479 e. The summed E-state index contributed by atoms with van der Waals surface area (Å²) < 4.78 is 0. The fourth-order valence-corrected chi connectivity index (χ4v) is 2.49. The van der Waals surface area contributed by atoms with E-state index in [0.29, 0.717) is 16.1 Å². The van der Waals surface area contributed by atoms with E-state index < -0.39 is 17.9 Å². The van der Waals surface area contributed by atoms with Gasteiger partial charge in [-0.2, -0.15) is 0 Å². The van der Waals surface area contributed by atoms with E-state index in [9.17, 15) is 14.7 Å². The molecule has 1 heterocycles. The normalized spacial score (nSPS) is 11.8. The Bertz CT molecular complexity index is 640. The molecule has 1 amide bonds. The van der Waals surface area contributed by atoms with Crippen LogP contribution in [0, 0.1) is 6.92 Å². The first kappa shape index (κ1) is 14.0. The van der Waals surface area contributed by atoms with Crippen molar-refractivity contribution in [3.8, 4) is 0 Å². The number of nitrogen functional groups attached to an aromatic ring is 1. The van der Waals surface area contributed by atoms with Gasteiger partial charge < -0.3 is 16.2 Å². The number of nitrogens with two attached hydrogens (primary N) is 1. The molecule has 0 saturated heterocycles. The van der Waals surface area contributed by atoms with Crippen molar-refractivity contribution in [2.45, 2.75) is 13.0 Å². The monoisotopic (exact) mass is 291 g/mol. The number of nitrogens with zero attached hydrogens (tertiary/aromatic N) is 1. The molecule has 4 N–H and O–H groups in total. The van der Waals surface area contributed by atoms with Gasteiger partial charge in [-0.1, -0.05) is 41.7 Å². The van der Waals surface area contributed by atoms with E-state index in [1.807, 2.05) is 0 Å². The zero-order valence-corrected chi connectivity index (χ0v) is 11.5. The first-order chi connectivity index (χ1) is 9.49. The molecule has 2 rings (SSSR count). The molecule has 7 heteroatoms. The molecular weight excluding hydrogens is 278 g/mol. The van der Waals surface area contributed by atoms with Gasteiger partial charge in [-0.05, 0) is 12.5 Å². The lowest BCUT2D eigenvalue weighted by molar-refractivity contribution is -0.139. The summed E-state index contributed by atoms with van der Waals surface area (Å²) in [4.78, 5) is 27.7. The van der Waals surface area contributed by atoms with Crippen LogP contribution < -0.4 is 11.1 Å². The number of carbonyl (C=O) groups excluding carboxylic acids is 1. The second-order valence-corrected chi connectivity index (χ2v) is 5.15. The second kappa shape index (κ2) is 5.70. The maximum Gasteiger partial charge on any atom is 0.330 e. The zero-order valence-electron chi connectivity index (χ0n) is 10.7. The highest BCUT2D eigenvalue weighted by molar-refractivity contribution is 7.17. The number of carboxylic acids is 1. The Balaban J connectivity index is 2.23. The van der Waals surface area contributed by atoms with E-state index in [4.69, 9.17) is 5.73 Å². The SMILES string of the molecule is Cc1nc(N)sc1C(=O)N[C@H](C(=O)O)c1ccccc1.